The van der Waals surface area contributed by atoms with Gasteiger partial charge in [-0.3, -0.25) is 10.1 Å². The largest absolute Gasteiger partial charge is 0.480 e. The molecule has 0 bridgehead atoms. The number of hydrogen-bond donors (Lipinski definition) is 2. The minimum Gasteiger partial charge on any atom is -0.480 e. The van der Waals surface area contributed by atoms with Crippen molar-refractivity contribution in [1.29, 1.82) is 0 Å². The van der Waals surface area contributed by atoms with Crippen molar-refractivity contribution < 1.29 is 32.2 Å². The number of carboxylic acids is 1. The third kappa shape index (κ3) is 4.46. The number of methoxy groups -OCH3 is 1. The van der Waals surface area contributed by atoms with Crippen molar-refractivity contribution in [3.8, 4) is 0 Å². The smallest absolute Gasteiger partial charge is 0.416 e. The van der Waals surface area contributed by atoms with Crippen molar-refractivity contribution >= 4 is 5.97 Å². The molecule has 1 aromatic carbocycles. The Morgan fingerprint density at radius 2 is 2.05 bits per heavy atom. The molecule has 0 aromatic heterocycles. The van der Waals surface area contributed by atoms with Crippen LogP contribution in [0.15, 0.2) is 18.2 Å². The van der Waals surface area contributed by atoms with E-state index in [0.717, 1.165) is 6.07 Å². The zero-order valence-corrected chi connectivity index (χ0v) is 10.5. The lowest BCUT2D eigenvalue weighted by atomic mass is 10.0. The van der Waals surface area contributed by atoms with Gasteiger partial charge in [-0.1, -0.05) is 0 Å². The maximum Gasteiger partial charge on any atom is 0.416 e. The Balaban J connectivity index is 3.07. The molecule has 0 spiro atoms. The summed E-state index contributed by atoms with van der Waals surface area (Å²) >= 11 is 0. The number of aliphatic carboxylic acids is 1. The van der Waals surface area contributed by atoms with Crippen molar-refractivity contribution in [2.45, 2.75) is 12.2 Å². The molecule has 1 aromatic rings. The Kier molecular flexibility index (Phi) is 5.46. The van der Waals surface area contributed by atoms with Gasteiger partial charge in [-0.15, -0.1) is 0 Å². The van der Waals surface area contributed by atoms with E-state index in [4.69, 9.17) is 9.84 Å². The third-order valence-corrected chi connectivity index (χ3v) is 2.48. The molecule has 0 aliphatic carbocycles. The Labute approximate surface area is 112 Å². The highest BCUT2D eigenvalue weighted by Crippen LogP contribution is 2.31. The molecule has 20 heavy (non-hydrogen) atoms. The number of carboxylic acid groups (broad SMARTS) is 1. The van der Waals surface area contributed by atoms with E-state index in [1.807, 2.05) is 0 Å². The molecule has 0 fully saturated rings. The van der Waals surface area contributed by atoms with Gasteiger partial charge in [0.2, 0.25) is 0 Å². The fourth-order valence-electron chi connectivity index (χ4n) is 1.60. The number of rotatable bonds is 6. The number of ether oxygens (including phenoxy) is 1. The Hall–Kier alpha value is -1.67. The summed E-state index contributed by atoms with van der Waals surface area (Å²) in [4.78, 5) is 11.1. The van der Waals surface area contributed by atoms with Crippen molar-refractivity contribution in [2.24, 2.45) is 0 Å². The van der Waals surface area contributed by atoms with Crippen LogP contribution in [0.1, 0.15) is 17.2 Å². The second-order valence-corrected chi connectivity index (χ2v) is 3.99. The molecule has 0 saturated carbocycles. The van der Waals surface area contributed by atoms with Crippen LogP contribution in [-0.4, -0.2) is 31.3 Å². The van der Waals surface area contributed by atoms with Crippen LogP contribution in [0.5, 0.6) is 0 Å². The van der Waals surface area contributed by atoms with E-state index in [-0.39, 0.29) is 18.7 Å². The van der Waals surface area contributed by atoms with Crippen molar-refractivity contribution in [3.05, 3.63) is 35.1 Å². The van der Waals surface area contributed by atoms with Gasteiger partial charge < -0.3 is 9.84 Å². The van der Waals surface area contributed by atoms with E-state index < -0.39 is 29.6 Å². The lowest BCUT2D eigenvalue weighted by molar-refractivity contribution is -0.141. The van der Waals surface area contributed by atoms with E-state index in [0.29, 0.717) is 12.1 Å². The average Bonchev–Trinajstić information content (AvgIpc) is 2.32. The molecule has 1 unspecified atom stereocenters. The number of benzene rings is 1. The second-order valence-electron chi connectivity index (χ2n) is 3.99. The number of halogens is 4. The van der Waals surface area contributed by atoms with Gasteiger partial charge in [0.25, 0.3) is 0 Å². The van der Waals surface area contributed by atoms with Gasteiger partial charge in [0.15, 0.2) is 0 Å². The van der Waals surface area contributed by atoms with Crippen LogP contribution in [0, 0.1) is 5.82 Å². The number of nitrogens with one attached hydrogen (secondary N) is 1. The molecule has 1 rings (SSSR count). The molecule has 0 heterocycles. The molecule has 0 aliphatic heterocycles. The minimum absolute atomic E-state index is 0.103. The fraction of sp³-hybridized carbons (Fsp3) is 0.417. The molecule has 0 aliphatic rings. The first-order valence-corrected chi connectivity index (χ1v) is 5.58. The Morgan fingerprint density at radius 3 is 2.55 bits per heavy atom. The predicted molar refractivity (Wildman–Crippen MR) is 61.7 cm³/mol. The third-order valence-electron chi connectivity index (χ3n) is 2.48. The van der Waals surface area contributed by atoms with Crippen LogP contribution in [0.4, 0.5) is 17.6 Å². The van der Waals surface area contributed by atoms with Gasteiger partial charge in [0.1, 0.15) is 11.9 Å². The van der Waals surface area contributed by atoms with E-state index in [1.165, 1.54) is 7.11 Å². The molecule has 0 amide bonds. The molecule has 0 radical (unpaired) electrons. The molecule has 8 heteroatoms. The van der Waals surface area contributed by atoms with Crippen molar-refractivity contribution in [2.75, 3.05) is 20.3 Å². The lowest BCUT2D eigenvalue weighted by Gasteiger charge is -2.16. The molecule has 0 saturated heterocycles. The van der Waals surface area contributed by atoms with Gasteiger partial charge in [0.05, 0.1) is 12.2 Å². The van der Waals surface area contributed by atoms with E-state index in [2.05, 4.69) is 5.32 Å². The summed E-state index contributed by atoms with van der Waals surface area (Å²) in [5.74, 6) is -2.55. The van der Waals surface area contributed by atoms with Gasteiger partial charge in [-0.05, 0) is 23.8 Å². The van der Waals surface area contributed by atoms with Crippen LogP contribution in [-0.2, 0) is 15.7 Å². The molecular formula is C12H13F4NO3. The van der Waals surface area contributed by atoms with Crippen molar-refractivity contribution in [1.82, 2.24) is 5.32 Å². The van der Waals surface area contributed by atoms with E-state index in [1.54, 1.807) is 0 Å². The van der Waals surface area contributed by atoms with E-state index in [9.17, 15) is 22.4 Å². The fourth-order valence-corrected chi connectivity index (χ4v) is 1.60. The Morgan fingerprint density at radius 1 is 1.40 bits per heavy atom. The zero-order valence-electron chi connectivity index (χ0n) is 10.5. The first kappa shape index (κ1) is 16.4. The maximum absolute atomic E-state index is 13.2. The normalized spacial score (nSPS) is 13.2. The lowest BCUT2D eigenvalue weighted by Crippen LogP contribution is -2.31. The van der Waals surface area contributed by atoms with E-state index >= 15 is 0 Å². The number of hydrogen-bond acceptors (Lipinski definition) is 3. The van der Waals surface area contributed by atoms with Crippen LogP contribution in [0.2, 0.25) is 0 Å². The highest BCUT2D eigenvalue weighted by Gasteiger charge is 2.32. The van der Waals surface area contributed by atoms with Crippen LogP contribution in [0.3, 0.4) is 0 Å². The second kappa shape index (κ2) is 6.67. The highest BCUT2D eigenvalue weighted by atomic mass is 19.4. The monoisotopic (exact) mass is 295 g/mol. The summed E-state index contributed by atoms with van der Waals surface area (Å²) in [6.07, 6.45) is -4.74. The van der Waals surface area contributed by atoms with Gasteiger partial charge in [0, 0.05) is 13.7 Å². The van der Waals surface area contributed by atoms with Gasteiger partial charge >= 0.3 is 12.1 Å². The number of alkyl halides is 3. The highest BCUT2D eigenvalue weighted by molar-refractivity contribution is 5.75. The summed E-state index contributed by atoms with van der Waals surface area (Å²) in [5, 5.41) is 11.5. The molecule has 112 valence electrons. The van der Waals surface area contributed by atoms with Crippen LogP contribution >= 0.6 is 0 Å². The zero-order chi connectivity index (χ0) is 15.3. The topological polar surface area (TPSA) is 58.6 Å². The molecule has 2 N–H and O–H groups in total. The minimum atomic E-state index is -4.74. The van der Waals surface area contributed by atoms with Crippen LogP contribution < -0.4 is 5.32 Å². The summed E-state index contributed by atoms with van der Waals surface area (Å²) in [6, 6.07) is 0.245. The average molecular weight is 295 g/mol. The summed E-state index contributed by atoms with van der Waals surface area (Å²) < 4.78 is 55.6. The Bertz CT molecular complexity index is 476. The predicted octanol–water partition coefficient (Wildman–Crippen LogP) is 2.21. The SMILES string of the molecule is COCCNC(C(=O)O)c1cc(F)cc(C(F)(F)F)c1. The summed E-state index contributed by atoms with van der Waals surface area (Å²) in [7, 11) is 1.39. The van der Waals surface area contributed by atoms with Gasteiger partial charge in [-0.25, -0.2) is 4.39 Å². The quantitative estimate of drug-likeness (QED) is 0.624. The standard InChI is InChI=1S/C12H13F4NO3/c1-20-3-2-17-10(11(18)19)7-4-8(12(14,15)16)6-9(13)5-7/h4-6,10,17H,2-3H2,1H3,(H,18,19). The summed E-state index contributed by atoms with van der Waals surface area (Å²) in [5.41, 5.74) is -1.53. The van der Waals surface area contributed by atoms with Gasteiger partial charge in [-0.2, -0.15) is 13.2 Å². The maximum atomic E-state index is 13.2. The van der Waals surface area contributed by atoms with Crippen molar-refractivity contribution in [3.63, 3.8) is 0 Å². The summed E-state index contributed by atoms with van der Waals surface area (Å²) in [6.45, 7) is 0.274. The molecular weight excluding hydrogens is 282 g/mol. The van der Waals surface area contributed by atoms with Crippen LogP contribution in [0.25, 0.3) is 0 Å². The molecule has 1 atom stereocenters. The first-order valence-electron chi connectivity index (χ1n) is 5.58. The molecule has 4 nitrogen and oxygen atoms in total. The first-order chi connectivity index (χ1) is 9.25. The number of carbonyl (C=O) groups is 1.